The van der Waals surface area contributed by atoms with Crippen LogP contribution in [0.2, 0.25) is 0 Å². The van der Waals surface area contributed by atoms with Gasteiger partial charge in [-0.05, 0) is 31.0 Å². The van der Waals surface area contributed by atoms with E-state index in [1.165, 1.54) is 10.4 Å². The number of nitrogens with one attached hydrogen (secondary N) is 2. The number of hydrogen-bond donors (Lipinski definition) is 2. The zero-order valence-electron chi connectivity index (χ0n) is 14.0. The van der Waals surface area contributed by atoms with Gasteiger partial charge in [0.05, 0.1) is 6.54 Å². The minimum Gasteiger partial charge on any atom is -0.357 e. The fraction of sp³-hybridized carbons (Fsp3) is 0.389. The van der Waals surface area contributed by atoms with Gasteiger partial charge in [-0.3, -0.25) is 0 Å². The molecule has 0 atom stereocenters. The van der Waals surface area contributed by atoms with Crippen molar-refractivity contribution in [1.29, 1.82) is 0 Å². The minimum absolute atomic E-state index is 0.729. The van der Waals surface area contributed by atoms with Gasteiger partial charge in [0, 0.05) is 31.1 Å². The molecule has 0 saturated heterocycles. The second-order valence-corrected chi connectivity index (χ2v) is 6.46. The largest absolute Gasteiger partial charge is 0.357 e. The molecule has 0 radical (unpaired) electrons. The third kappa shape index (κ3) is 6.84. The smallest absolute Gasteiger partial charge is 0.191 e. The first kappa shape index (κ1) is 17.5. The summed E-state index contributed by atoms with van der Waals surface area (Å²) >= 11 is 1.74. The van der Waals surface area contributed by atoms with Gasteiger partial charge >= 0.3 is 0 Å². The predicted octanol–water partition coefficient (Wildman–Crippen LogP) is 2.94. The quantitative estimate of drug-likeness (QED) is 0.577. The van der Waals surface area contributed by atoms with Crippen molar-refractivity contribution in [1.82, 2.24) is 15.5 Å². The van der Waals surface area contributed by atoms with Crippen molar-refractivity contribution in [2.75, 3.05) is 26.7 Å². The first-order valence-corrected chi connectivity index (χ1v) is 8.93. The molecule has 0 aliphatic carbocycles. The van der Waals surface area contributed by atoms with E-state index in [2.05, 4.69) is 82.3 Å². The van der Waals surface area contributed by atoms with E-state index in [-0.39, 0.29) is 0 Å². The van der Waals surface area contributed by atoms with E-state index >= 15 is 0 Å². The Labute approximate surface area is 143 Å². The number of thiophene rings is 1. The summed E-state index contributed by atoms with van der Waals surface area (Å²) in [6.07, 6.45) is 0. The second kappa shape index (κ2) is 10.0. The Morgan fingerprint density at radius 1 is 1.13 bits per heavy atom. The maximum atomic E-state index is 4.62. The normalized spacial score (nSPS) is 11.7. The summed E-state index contributed by atoms with van der Waals surface area (Å²) in [6.45, 7) is 6.50. The van der Waals surface area contributed by atoms with Crippen molar-refractivity contribution in [2.24, 2.45) is 4.99 Å². The molecule has 5 heteroatoms. The molecule has 0 amide bonds. The van der Waals surface area contributed by atoms with Gasteiger partial charge in [-0.1, -0.05) is 36.4 Å². The standard InChI is InChI=1S/C18H26N4S/c1-3-19-18(21-14-17-10-7-13-23-17)20-11-12-22(2)15-16-8-5-4-6-9-16/h4-10,13H,3,11-12,14-15H2,1-2H3,(H2,19,20,21). The van der Waals surface area contributed by atoms with Crippen LogP contribution in [0.25, 0.3) is 0 Å². The lowest BCUT2D eigenvalue weighted by molar-refractivity contribution is 0.331. The molecule has 2 N–H and O–H groups in total. The van der Waals surface area contributed by atoms with Gasteiger partial charge < -0.3 is 15.5 Å². The maximum absolute atomic E-state index is 4.62. The van der Waals surface area contributed by atoms with Crippen molar-refractivity contribution in [2.45, 2.75) is 20.0 Å². The average Bonchev–Trinajstić information content (AvgIpc) is 3.07. The summed E-state index contributed by atoms with van der Waals surface area (Å²) in [5.74, 6) is 0.883. The summed E-state index contributed by atoms with van der Waals surface area (Å²) in [5, 5.41) is 8.78. The van der Waals surface area contributed by atoms with E-state index in [0.717, 1.165) is 38.7 Å². The summed E-state index contributed by atoms with van der Waals surface area (Å²) in [7, 11) is 2.14. The number of benzene rings is 1. The summed E-state index contributed by atoms with van der Waals surface area (Å²) in [6, 6.07) is 14.7. The highest BCUT2D eigenvalue weighted by molar-refractivity contribution is 7.09. The van der Waals surface area contributed by atoms with Crippen molar-refractivity contribution in [3.8, 4) is 0 Å². The molecule has 0 aliphatic heterocycles. The molecule has 0 unspecified atom stereocenters. The predicted molar refractivity (Wildman–Crippen MR) is 99.9 cm³/mol. The number of guanidine groups is 1. The van der Waals surface area contributed by atoms with Crippen LogP contribution in [-0.2, 0) is 13.1 Å². The second-order valence-electron chi connectivity index (χ2n) is 5.42. The minimum atomic E-state index is 0.729. The topological polar surface area (TPSA) is 39.7 Å². The SMILES string of the molecule is CCNC(=NCc1cccs1)NCCN(C)Cc1ccccc1. The molecular formula is C18H26N4S. The third-order valence-electron chi connectivity index (χ3n) is 3.40. The molecule has 0 saturated carbocycles. The molecule has 1 aromatic heterocycles. The molecule has 0 bridgehead atoms. The van der Waals surface area contributed by atoms with Crippen LogP contribution in [0.5, 0.6) is 0 Å². The molecule has 124 valence electrons. The van der Waals surface area contributed by atoms with Gasteiger partial charge in [-0.25, -0.2) is 4.99 Å². The Morgan fingerprint density at radius 2 is 1.96 bits per heavy atom. The van der Waals surface area contributed by atoms with E-state index in [9.17, 15) is 0 Å². The highest BCUT2D eigenvalue weighted by atomic mass is 32.1. The van der Waals surface area contributed by atoms with Gasteiger partial charge in [-0.2, -0.15) is 0 Å². The monoisotopic (exact) mass is 330 g/mol. The van der Waals surface area contributed by atoms with Crippen LogP contribution in [0.3, 0.4) is 0 Å². The highest BCUT2D eigenvalue weighted by Gasteiger charge is 2.02. The highest BCUT2D eigenvalue weighted by Crippen LogP contribution is 2.09. The van der Waals surface area contributed by atoms with E-state index in [0.29, 0.717) is 0 Å². The Morgan fingerprint density at radius 3 is 2.65 bits per heavy atom. The zero-order chi connectivity index (χ0) is 16.3. The van der Waals surface area contributed by atoms with Crippen molar-refractivity contribution >= 4 is 17.3 Å². The molecule has 0 fully saturated rings. The number of likely N-dealkylation sites (N-methyl/N-ethyl adjacent to an activating group) is 1. The van der Waals surface area contributed by atoms with Crippen LogP contribution in [0, 0.1) is 0 Å². The van der Waals surface area contributed by atoms with Crippen LogP contribution in [-0.4, -0.2) is 37.5 Å². The van der Waals surface area contributed by atoms with Crippen molar-refractivity contribution in [3.05, 3.63) is 58.3 Å². The lowest BCUT2D eigenvalue weighted by atomic mass is 10.2. The summed E-state index contributed by atoms with van der Waals surface area (Å²) < 4.78 is 0. The van der Waals surface area contributed by atoms with Crippen LogP contribution in [0.4, 0.5) is 0 Å². The Bertz CT molecular complexity index is 566. The number of aliphatic imine (C=N–C) groups is 1. The molecule has 0 aliphatic rings. The zero-order valence-corrected chi connectivity index (χ0v) is 14.8. The molecular weight excluding hydrogens is 304 g/mol. The van der Waals surface area contributed by atoms with Crippen molar-refractivity contribution in [3.63, 3.8) is 0 Å². The summed E-state index contributed by atoms with van der Waals surface area (Å²) in [5.41, 5.74) is 1.34. The Balaban J connectivity index is 1.74. The fourth-order valence-electron chi connectivity index (χ4n) is 2.24. The van der Waals surface area contributed by atoms with E-state index in [1.54, 1.807) is 11.3 Å². The number of rotatable bonds is 8. The van der Waals surface area contributed by atoms with Crippen LogP contribution < -0.4 is 10.6 Å². The molecule has 1 heterocycles. The van der Waals surface area contributed by atoms with E-state index in [1.807, 2.05) is 0 Å². The first-order chi connectivity index (χ1) is 11.3. The maximum Gasteiger partial charge on any atom is 0.191 e. The Kier molecular flexibility index (Phi) is 7.63. The van der Waals surface area contributed by atoms with Gasteiger partial charge in [0.1, 0.15) is 0 Å². The fourth-order valence-corrected chi connectivity index (χ4v) is 2.87. The molecule has 0 spiro atoms. The van der Waals surface area contributed by atoms with E-state index in [4.69, 9.17) is 0 Å². The third-order valence-corrected chi connectivity index (χ3v) is 4.26. The lowest BCUT2D eigenvalue weighted by Crippen LogP contribution is -2.40. The van der Waals surface area contributed by atoms with Crippen LogP contribution >= 0.6 is 11.3 Å². The summed E-state index contributed by atoms with van der Waals surface area (Å²) in [4.78, 5) is 8.21. The lowest BCUT2D eigenvalue weighted by Gasteiger charge is -2.18. The number of hydrogen-bond acceptors (Lipinski definition) is 3. The van der Waals surface area contributed by atoms with Gasteiger partial charge in [-0.15, -0.1) is 11.3 Å². The van der Waals surface area contributed by atoms with Gasteiger partial charge in [0.25, 0.3) is 0 Å². The van der Waals surface area contributed by atoms with E-state index < -0.39 is 0 Å². The Hall–Kier alpha value is -1.85. The molecule has 2 aromatic rings. The van der Waals surface area contributed by atoms with Crippen LogP contribution in [0.15, 0.2) is 52.8 Å². The molecule has 2 rings (SSSR count). The van der Waals surface area contributed by atoms with Gasteiger partial charge in [0.15, 0.2) is 5.96 Å². The molecule has 23 heavy (non-hydrogen) atoms. The van der Waals surface area contributed by atoms with Crippen LogP contribution in [0.1, 0.15) is 17.4 Å². The average molecular weight is 331 g/mol. The molecule has 1 aromatic carbocycles. The number of nitrogens with zero attached hydrogens (tertiary/aromatic N) is 2. The first-order valence-electron chi connectivity index (χ1n) is 8.05. The molecule has 4 nitrogen and oxygen atoms in total. The van der Waals surface area contributed by atoms with Crippen molar-refractivity contribution < 1.29 is 0 Å². The van der Waals surface area contributed by atoms with Gasteiger partial charge in [0.2, 0.25) is 0 Å².